The molecule has 0 aromatic carbocycles. The molecule has 2 N–H and O–H groups in total. The molecule has 0 bridgehead atoms. The first-order chi connectivity index (χ1) is 6.84. The Morgan fingerprint density at radius 1 is 1.43 bits per heavy atom. The largest absolute Gasteiger partial charge is 0.327 e. The second-order valence-electron chi connectivity index (χ2n) is 4.59. The Hall–Kier alpha value is -0.900. The molecule has 1 unspecified atom stereocenters. The van der Waals surface area contributed by atoms with Gasteiger partial charge in [0, 0.05) is 18.5 Å². The minimum Gasteiger partial charge on any atom is -0.327 e. The third-order valence-electron chi connectivity index (χ3n) is 3.23. The van der Waals surface area contributed by atoms with Crippen molar-refractivity contribution in [2.75, 3.05) is 0 Å². The van der Waals surface area contributed by atoms with Crippen LogP contribution in [0.4, 0.5) is 0 Å². The molecule has 2 fully saturated rings. The lowest BCUT2D eigenvalue weighted by Gasteiger charge is -2.10. The van der Waals surface area contributed by atoms with Crippen LogP contribution in [0.2, 0.25) is 0 Å². The molecule has 0 aliphatic heterocycles. The molecular formula is C10H16N4. The summed E-state index contributed by atoms with van der Waals surface area (Å²) >= 11 is 0. The van der Waals surface area contributed by atoms with Crippen LogP contribution >= 0.6 is 0 Å². The summed E-state index contributed by atoms with van der Waals surface area (Å²) in [6.45, 7) is 0. The van der Waals surface area contributed by atoms with Crippen LogP contribution in [0.3, 0.4) is 0 Å². The maximum atomic E-state index is 6.08. The van der Waals surface area contributed by atoms with Crippen LogP contribution in [0.5, 0.6) is 0 Å². The maximum Gasteiger partial charge on any atom is 0.134 e. The molecular weight excluding hydrogens is 176 g/mol. The van der Waals surface area contributed by atoms with E-state index in [1.54, 1.807) is 0 Å². The van der Waals surface area contributed by atoms with Gasteiger partial charge in [-0.15, -0.1) is 10.2 Å². The van der Waals surface area contributed by atoms with Gasteiger partial charge in [-0.1, -0.05) is 0 Å². The summed E-state index contributed by atoms with van der Waals surface area (Å²) in [5.74, 6) is 1.84. The number of nitrogens with two attached hydrogens (primary N) is 1. The minimum atomic E-state index is 0.302. The third-order valence-corrected chi connectivity index (χ3v) is 3.23. The smallest absolute Gasteiger partial charge is 0.134 e. The highest BCUT2D eigenvalue weighted by atomic mass is 15.3. The van der Waals surface area contributed by atoms with Crippen molar-refractivity contribution in [2.24, 2.45) is 11.7 Å². The lowest BCUT2D eigenvalue weighted by atomic mass is 10.1. The van der Waals surface area contributed by atoms with E-state index in [4.69, 9.17) is 5.73 Å². The van der Waals surface area contributed by atoms with E-state index in [-0.39, 0.29) is 0 Å². The van der Waals surface area contributed by atoms with Crippen molar-refractivity contribution < 1.29 is 0 Å². The molecule has 2 aliphatic carbocycles. The first kappa shape index (κ1) is 8.41. The van der Waals surface area contributed by atoms with E-state index < -0.39 is 0 Å². The monoisotopic (exact) mass is 192 g/mol. The standard InChI is InChI=1S/C10H16N4/c11-9(7-1-2-7)5-10-13-12-6-14(10)8-3-4-8/h6-9H,1-5,11H2. The summed E-state index contributed by atoms with van der Waals surface area (Å²) in [4.78, 5) is 0. The molecule has 0 spiro atoms. The van der Waals surface area contributed by atoms with E-state index in [2.05, 4.69) is 14.8 Å². The normalized spacial score (nSPS) is 23.8. The minimum absolute atomic E-state index is 0.302. The first-order valence-corrected chi connectivity index (χ1v) is 5.48. The molecule has 76 valence electrons. The number of hydrogen-bond acceptors (Lipinski definition) is 3. The number of aromatic nitrogens is 3. The fourth-order valence-electron chi connectivity index (χ4n) is 1.97. The molecule has 0 saturated heterocycles. The van der Waals surface area contributed by atoms with Gasteiger partial charge in [0.1, 0.15) is 12.2 Å². The van der Waals surface area contributed by atoms with Gasteiger partial charge >= 0.3 is 0 Å². The fourth-order valence-corrected chi connectivity index (χ4v) is 1.97. The topological polar surface area (TPSA) is 56.7 Å². The lowest BCUT2D eigenvalue weighted by Crippen LogP contribution is -2.26. The van der Waals surface area contributed by atoms with Crippen molar-refractivity contribution in [1.82, 2.24) is 14.8 Å². The second kappa shape index (κ2) is 3.05. The Morgan fingerprint density at radius 2 is 2.21 bits per heavy atom. The van der Waals surface area contributed by atoms with E-state index >= 15 is 0 Å². The van der Waals surface area contributed by atoms with Crippen molar-refractivity contribution >= 4 is 0 Å². The van der Waals surface area contributed by atoms with Crippen molar-refractivity contribution in [3.63, 3.8) is 0 Å². The molecule has 2 saturated carbocycles. The summed E-state index contributed by atoms with van der Waals surface area (Å²) in [6.07, 6.45) is 7.93. The summed E-state index contributed by atoms with van der Waals surface area (Å²) < 4.78 is 2.21. The van der Waals surface area contributed by atoms with Crippen LogP contribution in [-0.2, 0) is 6.42 Å². The molecule has 14 heavy (non-hydrogen) atoms. The van der Waals surface area contributed by atoms with Gasteiger partial charge in [-0.25, -0.2) is 0 Å². The SMILES string of the molecule is NC(Cc1nncn1C1CC1)C1CC1. The quantitative estimate of drug-likeness (QED) is 0.771. The Bertz CT molecular complexity index is 325. The zero-order valence-electron chi connectivity index (χ0n) is 8.26. The van der Waals surface area contributed by atoms with Crippen LogP contribution in [0, 0.1) is 5.92 Å². The fraction of sp³-hybridized carbons (Fsp3) is 0.800. The van der Waals surface area contributed by atoms with Gasteiger partial charge in [-0.2, -0.15) is 0 Å². The van der Waals surface area contributed by atoms with Crippen molar-refractivity contribution in [3.05, 3.63) is 12.2 Å². The lowest BCUT2D eigenvalue weighted by molar-refractivity contribution is 0.550. The number of nitrogens with zero attached hydrogens (tertiary/aromatic N) is 3. The van der Waals surface area contributed by atoms with Gasteiger partial charge in [-0.3, -0.25) is 0 Å². The highest BCUT2D eigenvalue weighted by molar-refractivity contribution is 4.99. The maximum absolute atomic E-state index is 6.08. The summed E-state index contributed by atoms with van der Waals surface area (Å²) in [5, 5.41) is 8.13. The first-order valence-electron chi connectivity index (χ1n) is 5.48. The van der Waals surface area contributed by atoms with E-state index in [0.29, 0.717) is 12.1 Å². The van der Waals surface area contributed by atoms with Crippen LogP contribution in [-0.4, -0.2) is 20.8 Å². The Balaban J connectivity index is 1.71. The Labute approximate surface area is 83.5 Å². The van der Waals surface area contributed by atoms with Crippen LogP contribution < -0.4 is 5.73 Å². The van der Waals surface area contributed by atoms with Crippen LogP contribution in [0.25, 0.3) is 0 Å². The molecule has 1 aromatic heterocycles. The molecule has 0 radical (unpaired) electrons. The zero-order valence-corrected chi connectivity index (χ0v) is 8.26. The predicted molar refractivity (Wildman–Crippen MR) is 52.7 cm³/mol. The van der Waals surface area contributed by atoms with Crippen molar-refractivity contribution in [2.45, 2.75) is 44.2 Å². The summed E-state index contributed by atoms with van der Waals surface area (Å²) in [5.41, 5.74) is 6.08. The van der Waals surface area contributed by atoms with E-state index in [0.717, 1.165) is 18.2 Å². The highest BCUT2D eigenvalue weighted by Gasteiger charge is 2.31. The van der Waals surface area contributed by atoms with E-state index in [1.807, 2.05) is 6.33 Å². The second-order valence-corrected chi connectivity index (χ2v) is 4.59. The van der Waals surface area contributed by atoms with Gasteiger partial charge < -0.3 is 10.3 Å². The average molecular weight is 192 g/mol. The van der Waals surface area contributed by atoms with Gasteiger partial charge in [0.05, 0.1) is 0 Å². The molecule has 2 aliphatic rings. The van der Waals surface area contributed by atoms with Crippen molar-refractivity contribution in [3.8, 4) is 0 Å². The molecule has 3 rings (SSSR count). The number of rotatable bonds is 4. The summed E-state index contributed by atoms with van der Waals surface area (Å²) in [6, 6.07) is 0.975. The van der Waals surface area contributed by atoms with Gasteiger partial charge in [0.25, 0.3) is 0 Å². The Kier molecular flexibility index (Phi) is 1.83. The molecule has 0 amide bonds. The van der Waals surface area contributed by atoms with Gasteiger partial charge in [0.2, 0.25) is 0 Å². The molecule has 4 nitrogen and oxygen atoms in total. The summed E-state index contributed by atoms with van der Waals surface area (Å²) in [7, 11) is 0. The molecule has 1 atom stereocenters. The molecule has 1 aromatic rings. The van der Waals surface area contributed by atoms with Crippen molar-refractivity contribution in [1.29, 1.82) is 0 Å². The average Bonchev–Trinajstić information content (AvgIpc) is 3.06. The third kappa shape index (κ3) is 1.54. The van der Waals surface area contributed by atoms with Gasteiger partial charge in [0.15, 0.2) is 0 Å². The van der Waals surface area contributed by atoms with E-state index in [1.165, 1.54) is 25.7 Å². The molecule has 4 heteroatoms. The molecule has 1 heterocycles. The van der Waals surface area contributed by atoms with Gasteiger partial charge in [-0.05, 0) is 31.6 Å². The number of hydrogen-bond donors (Lipinski definition) is 1. The Morgan fingerprint density at radius 3 is 2.86 bits per heavy atom. The van der Waals surface area contributed by atoms with E-state index in [9.17, 15) is 0 Å². The van der Waals surface area contributed by atoms with Crippen LogP contribution in [0.1, 0.15) is 37.5 Å². The van der Waals surface area contributed by atoms with Crippen LogP contribution in [0.15, 0.2) is 6.33 Å². The zero-order chi connectivity index (χ0) is 9.54. The highest BCUT2D eigenvalue weighted by Crippen LogP contribution is 2.36. The predicted octanol–water partition coefficient (Wildman–Crippen LogP) is 0.893.